The molecule has 164 valence electrons. The van der Waals surface area contributed by atoms with Gasteiger partial charge in [-0.15, -0.1) is 0 Å². The monoisotopic (exact) mass is 440 g/mol. The molecule has 1 unspecified atom stereocenters. The molecule has 0 amide bonds. The van der Waals surface area contributed by atoms with Gasteiger partial charge in [-0.3, -0.25) is 0 Å². The molecule has 3 aromatic rings. The quantitative estimate of drug-likeness (QED) is 0.477. The highest BCUT2D eigenvalue weighted by Gasteiger charge is 2.31. The lowest BCUT2D eigenvalue weighted by Gasteiger charge is -2.26. The van der Waals surface area contributed by atoms with Crippen molar-refractivity contribution in [2.45, 2.75) is 12.8 Å². The number of nitriles is 1. The molecule has 0 fully saturated rings. The topological polar surface area (TPSA) is 112 Å². The smallest absolute Gasteiger partial charge is 0.343 e. The maximum atomic E-state index is 12.6. The van der Waals surface area contributed by atoms with Crippen LogP contribution in [0, 0.1) is 18.3 Å². The molecule has 33 heavy (non-hydrogen) atoms. The predicted octanol–water partition coefficient (Wildman–Crippen LogP) is 4.22. The van der Waals surface area contributed by atoms with Gasteiger partial charge in [0.25, 0.3) is 0 Å². The molecular formula is C26H20N2O5. The highest BCUT2D eigenvalue weighted by atomic mass is 16.5. The zero-order chi connectivity index (χ0) is 23.5. The van der Waals surface area contributed by atoms with Crippen LogP contribution in [-0.4, -0.2) is 19.0 Å². The summed E-state index contributed by atoms with van der Waals surface area (Å²) in [5.74, 6) is -0.816. The maximum Gasteiger partial charge on any atom is 0.343 e. The van der Waals surface area contributed by atoms with Crippen LogP contribution in [-0.2, 0) is 4.74 Å². The number of benzene rings is 3. The van der Waals surface area contributed by atoms with Crippen LogP contribution < -0.4 is 15.2 Å². The first-order valence-corrected chi connectivity index (χ1v) is 10.1. The summed E-state index contributed by atoms with van der Waals surface area (Å²) < 4.78 is 16.0. The number of rotatable bonds is 4. The summed E-state index contributed by atoms with van der Waals surface area (Å²) >= 11 is 0. The van der Waals surface area contributed by atoms with E-state index in [4.69, 9.17) is 19.9 Å². The Morgan fingerprint density at radius 3 is 2.42 bits per heavy atom. The minimum Gasteiger partial charge on any atom is -0.465 e. The van der Waals surface area contributed by atoms with E-state index in [0.717, 1.165) is 11.1 Å². The number of carbonyl (C=O) groups excluding carboxylic acids is 2. The van der Waals surface area contributed by atoms with E-state index >= 15 is 0 Å². The third-order valence-electron chi connectivity index (χ3n) is 5.43. The Balaban J connectivity index is 1.68. The molecule has 7 nitrogen and oxygen atoms in total. The zero-order valence-corrected chi connectivity index (χ0v) is 18.0. The fourth-order valence-electron chi connectivity index (χ4n) is 3.74. The second-order valence-corrected chi connectivity index (χ2v) is 7.44. The lowest BCUT2D eigenvalue weighted by Crippen LogP contribution is -2.21. The normalized spacial score (nSPS) is 14.5. The van der Waals surface area contributed by atoms with Crippen molar-refractivity contribution in [3.05, 3.63) is 106 Å². The first-order valence-electron chi connectivity index (χ1n) is 10.1. The maximum absolute atomic E-state index is 12.6. The van der Waals surface area contributed by atoms with Gasteiger partial charge in [-0.05, 0) is 42.3 Å². The van der Waals surface area contributed by atoms with E-state index in [9.17, 15) is 14.9 Å². The summed E-state index contributed by atoms with van der Waals surface area (Å²) in [6.45, 7) is 1.83. The Morgan fingerprint density at radius 1 is 1.03 bits per heavy atom. The molecule has 1 aliphatic heterocycles. The van der Waals surface area contributed by atoms with E-state index in [0.29, 0.717) is 22.4 Å². The van der Waals surface area contributed by atoms with Crippen LogP contribution in [0.15, 0.2) is 78.2 Å². The van der Waals surface area contributed by atoms with Crippen LogP contribution in [0.1, 0.15) is 43.3 Å². The molecule has 1 aliphatic rings. The second-order valence-electron chi connectivity index (χ2n) is 7.44. The summed E-state index contributed by atoms with van der Waals surface area (Å²) in [4.78, 5) is 24.3. The number of carbonyl (C=O) groups is 2. The fraction of sp³-hybridized carbons (Fsp3) is 0.115. The average molecular weight is 440 g/mol. The Hall–Kier alpha value is -4.57. The lowest BCUT2D eigenvalue weighted by atomic mass is 9.83. The van der Waals surface area contributed by atoms with Gasteiger partial charge in [-0.1, -0.05) is 36.4 Å². The van der Waals surface area contributed by atoms with Crippen LogP contribution in [0.5, 0.6) is 11.5 Å². The van der Waals surface area contributed by atoms with Gasteiger partial charge in [-0.25, -0.2) is 9.59 Å². The van der Waals surface area contributed by atoms with Crippen molar-refractivity contribution in [1.82, 2.24) is 0 Å². The standard InChI is InChI=1S/C26H20N2O5/c1-15-5-3-4-6-19(15)26(30)32-18-11-12-20-22(13-18)33-24(28)21(14-27)23(20)16-7-9-17(10-8-16)25(29)31-2/h3-13,23H,28H2,1-2H3. The van der Waals surface area contributed by atoms with Crippen molar-refractivity contribution in [1.29, 1.82) is 5.26 Å². The Kier molecular flexibility index (Phi) is 5.83. The SMILES string of the molecule is COC(=O)c1ccc(C2C(C#N)=C(N)Oc3cc(OC(=O)c4ccccc4C)ccc32)cc1. The van der Waals surface area contributed by atoms with Crippen molar-refractivity contribution in [3.63, 3.8) is 0 Å². The summed E-state index contributed by atoms with van der Waals surface area (Å²) in [7, 11) is 1.31. The van der Waals surface area contributed by atoms with E-state index in [-0.39, 0.29) is 17.2 Å². The van der Waals surface area contributed by atoms with Gasteiger partial charge in [0.05, 0.1) is 24.2 Å². The number of hydrogen-bond donors (Lipinski definition) is 1. The van der Waals surface area contributed by atoms with Crippen LogP contribution in [0.4, 0.5) is 0 Å². The second kappa shape index (κ2) is 8.89. The number of fused-ring (bicyclic) bond motifs is 1. The van der Waals surface area contributed by atoms with Crippen LogP contribution in [0.2, 0.25) is 0 Å². The molecule has 7 heteroatoms. The van der Waals surface area contributed by atoms with E-state index < -0.39 is 17.9 Å². The molecule has 0 aromatic heterocycles. The number of esters is 2. The van der Waals surface area contributed by atoms with E-state index in [1.807, 2.05) is 19.1 Å². The average Bonchev–Trinajstić information content (AvgIpc) is 2.83. The summed E-state index contributed by atoms with van der Waals surface area (Å²) in [5, 5.41) is 9.71. The highest BCUT2D eigenvalue weighted by molar-refractivity contribution is 5.92. The van der Waals surface area contributed by atoms with Gasteiger partial charge in [0.15, 0.2) is 0 Å². The largest absolute Gasteiger partial charge is 0.465 e. The first kappa shape index (κ1) is 21.7. The van der Waals surface area contributed by atoms with E-state index in [1.165, 1.54) is 7.11 Å². The van der Waals surface area contributed by atoms with Crippen LogP contribution >= 0.6 is 0 Å². The molecule has 0 radical (unpaired) electrons. The van der Waals surface area contributed by atoms with Gasteiger partial charge in [0.1, 0.15) is 23.1 Å². The molecule has 1 heterocycles. The summed E-state index contributed by atoms with van der Waals surface area (Å²) in [5.41, 5.74) is 9.38. The molecular weight excluding hydrogens is 420 g/mol. The highest BCUT2D eigenvalue weighted by Crippen LogP contribution is 2.43. The minimum atomic E-state index is -0.508. The number of allylic oxidation sites excluding steroid dienone is 1. The van der Waals surface area contributed by atoms with Gasteiger partial charge in [0.2, 0.25) is 5.88 Å². The van der Waals surface area contributed by atoms with Crippen molar-refractivity contribution in [3.8, 4) is 17.6 Å². The molecule has 1 atom stereocenters. The van der Waals surface area contributed by atoms with Crippen molar-refractivity contribution in [2.24, 2.45) is 5.73 Å². The number of nitrogens with two attached hydrogens (primary N) is 1. The lowest BCUT2D eigenvalue weighted by molar-refractivity contribution is 0.0600. The minimum absolute atomic E-state index is 0.0329. The van der Waals surface area contributed by atoms with Crippen LogP contribution in [0.25, 0.3) is 0 Å². The molecule has 0 saturated carbocycles. The van der Waals surface area contributed by atoms with Gasteiger partial charge in [-0.2, -0.15) is 5.26 Å². The van der Waals surface area contributed by atoms with Gasteiger partial charge in [0, 0.05) is 11.6 Å². The number of hydrogen-bond acceptors (Lipinski definition) is 7. The summed E-state index contributed by atoms with van der Waals surface area (Å²) in [6.07, 6.45) is 0. The molecule has 0 bridgehead atoms. The number of methoxy groups -OCH3 is 1. The molecule has 2 N–H and O–H groups in total. The van der Waals surface area contributed by atoms with E-state index in [1.54, 1.807) is 54.6 Å². The fourth-order valence-corrected chi connectivity index (χ4v) is 3.74. The first-order chi connectivity index (χ1) is 15.9. The Bertz CT molecular complexity index is 1320. The van der Waals surface area contributed by atoms with Crippen molar-refractivity contribution >= 4 is 11.9 Å². The van der Waals surface area contributed by atoms with Gasteiger partial charge >= 0.3 is 11.9 Å². The van der Waals surface area contributed by atoms with Crippen molar-refractivity contribution < 1.29 is 23.8 Å². The molecule has 0 aliphatic carbocycles. The van der Waals surface area contributed by atoms with Crippen molar-refractivity contribution in [2.75, 3.05) is 7.11 Å². The third-order valence-corrected chi connectivity index (χ3v) is 5.43. The van der Waals surface area contributed by atoms with E-state index in [2.05, 4.69) is 6.07 Å². The molecule has 3 aromatic carbocycles. The van der Waals surface area contributed by atoms with Gasteiger partial charge < -0.3 is 19.9 Å². The molecule has 0 spiro atoms. The number of nitrogens with zero attached hydrogens (tertiary/aromatic N) is 1. The molecule has 0 saturated heterocycles. The summed E-state index contributed by atoms with van der Waals surface area (Å²) in [6, 6.07) is 20.9. The third kappa shape index (κ3) is 4.14. The van der Waals surface area contributed by atoms with Crippen LogP contribution in [0.3, 0.4) is 0 Å². The Morgan fingerprint density at radius 2 is 1.76 bits per heavy atom. The Labute approximate surface area is 190 Å². The zero-order valence-electron chi connectivity index (χ0n) is 18.0. The number of ether oxygens (including phenoxy) is 3. The predicted molar refractivity (Wildman–Crippen MR) is 120 cm³/mol. The molecule has 4 rings (SSSR count). The number of aryl methyl sites for hydroxylation is 1.